The topological polar surface area (TPSA) is 122 Å². The third-order valence-corrected chi connectivity index (χ3v) is 2.08. The van der Waals surface area contributed by atoms with E-state index in [4.69, 9.17) is 0 Å². The average Bonchev–Trinajstić information content (AvgIpc) is 2.39. The van der Waals surface area contributed by atoms with E-state index in [2.05, 4.69) is 18.9 Å². The number of carbonyl (C=O) groups excluding carboxylic acids is 5. The van der Waals surface area contributed by atoms with Gasteiger partial charge in [0.05, 0.1) is 0 Å². The fourth-order valence-electron chi connectivity index (χ4n) is 1.33. The zero-order chi connectivity index (χ0) is 15.3. The molecule has 0 aromatic carbocycles. The van der Waals surface area contributed by atoms with E-state index in [1.165, 1.54) is 0 Å². The van der Waals surface area contributed by atoms with Crippen molar-refractivity contribution in [3.63, 3.8) is 0 Å². The predicted octanol–water partition coefficient (Wildman–Crippen LogP) is -1.48. The van der Waals surface area contributed by atoms with Crippen molar-refractivity contribution in [3.05, 3.63) is 0 Å². The summed E-state index contributed by atoms with van der Waals surface area (Å²) >= 11 is 0. The van der Waals surface area contributed by atoms with Gasteiger partial charge in [0.15, 0.2) is 13.2 Å². The summed E-state index contributed by atoms with van der Waals surface area (Å²) in [6.45, 7) is 0.690. The second-order valence-corrected chi connectivity index (χ2v) is 3.81. The molecule has 1 heterocycles. The van der Waals surface area contributed by atoms with Crippen LogP contribution in [0.4, 0.5) is 0 Å². The summed E-state index contributed by atoms with van der Waals surface area (Å²) in [5.74, 6) is -4.83. The second-order valence-electron chi connectivity index (χ2n) is 3.81. The molecule has 1 rings (SSSR count). The molecule has 9 heteroatoms. The summed E-state index contributed by atoms with van der Waals surface area (Å²) in [7, 11) is 0. The molecule has 2 atom stereocenters. The molecule has 0 aromatic heterocycles. The summed E-state index contributed by atoms with van der Waals surface area (Å²) in [5.41, 5.74) is 0. The van der Waals surface area contributed by atoms with Crippen molar-refractivity contribution in [2.75, 3.05) is 13.2 Å². The third kappa shape index (κ3) is 4.34. The van der Waals surface area contributed by atoms with E-state index in [0.29, 0.717) is 0 Å². The first-order valence-corrected chi connectivity index (χ1v) is 5.50. The van der Waals surface area contributed by atoms with Gasteiger partial charge >= 0.3 is 23.9 Å². The molecule has 0 unspecified atom stereocenters. The Morgan fingerprint density at radius 3 is 1.55 bits per heavy atom. The quantitative estimate of drug-likeness (QED) is 0.442. The maximum Gasteiger partial charge on any atom is 0.352 e. The van der Waals surface area contributed by atoms with Crippen LogP contribution in [0.5, 0.6) is 0 Å². The van der Waals surface area contributed by atoms with Gasteiger partial charge in [-0.2, -0.15) is 0 Å². The van der Waals surface area contributed by atoms with Crippen LogP contribution in [-0.4, -0.2) is 55.1 Å². The van der Waals surface area contributed by atoms with Crippen molar-refractivity contribution in [2.24, 2.45) is 0 Å². The summed E-state index contributed by atoms with van der Waals surface area (Å²) in [4.78, 5) is 56.5. The first-order chi connectivity index (χ1) is 9.31. The number of carbonyl (C=O) groups is 5. The van der Waals surface area contributed by atoms with Crippen molar-refractivity contribution in [1.82, 2.24) is 0 Å². The number of rotatable bonds is 2. The van der Waals surface area contributed by atoms with Crippen LogP contribution in [-0.2, 0) is 42.9 Å². The molecule has 0 saturated carbocycles. The van der Waals surface area contributed by atoms with E-state index in [-0.39, 0.29) is 0 Å². The molecule has 20 heavy (non-hydrogen) atoms. The van der Waals surface area contributed by atoms with Crippen LogP contribution in [0, 0.1) is 0 Å². The van der Waals surface area contributed by atoms with Crippen molar-refractivity contribution >= 4 is 29.7 Å². The van der Waals surface area contributed by atoms with E-state index in [1.54, 1.807) is 0 Å². The predicted molar refractivity (Wildman–Crippen MR) is 58.0 cm³/mol. The minimum atomic E-state index is -1.82. The lowest BCUT2D eigenvalue weighted by Crippen LogP contribution is -2.46. The molecule has 0 radical (unpaired) electrons. The lowest BCUT2D eigenvalue weighted by atomic mass is 10.2. The van der Waals surface area contributed by atoms with E-state index in [9.17, 15) is 24.0 Å². The van der Waals surface area contributed by atoms with Gasteiger partial charge in [-0.15, -0.1) is 0 Å². The van der Waals surface area contributed by atoms with Crippen LogP contribution >= 0.6 is 0 Å². The van der Waals surface area contributed by atoms with Gasteiger partial charge in [0.25, 0.3) is 0 Å². The number of cyclic esters (lactones) is 2. The van der Waals surface area contributed by atoms with Gasteiger partial charge in [-0.25, -0.2) is 9.59 Å². The summed E-state index contributed by atoms with van der Waals surface area (Å²) < 4.78 is 18.3. The highest BCUT2D eigenvalue weighted by atomic mass is 16.6. The number of esters is 4. The number of ether oxygens (including phenoxy) is 4. The fourth-order valence-corrected chi connectivity index (χ4v) is 1.33. The molecule has 0 amide bonds. The number of hydrogen-bond donors (Lipinski definition) is 0. The fraction of sp³-hybridized carbons (Fsp3) is 0.545. The molecule has 1 saturated heterocycles. The van der Waals surface area contributed by atoms with Gasteiger partial charge in [0.1, 0.15) is 0 Å². The molecule has 110 valence electrons. The highest BCUT2D eigenvalue weighted by Crippen LogP contribution is 2.12. The molecule has 1 aliphatic rings. The van der Waals surface area contributed by atoms with Gasteiger partial charge < -0.3 is 18.9 Å². The largest absolute Gasteiger partial charge is 0.455 e. The molecular formula is C11H12O9. The van der Waals surface area contributed by atoms with E-state index in [1.807, 2.05) is 0 Å². The van der Waals surface area contributed by atoms with Gasteiger partial charge in [-0.1, -0.05) is 0 Å². The Morgan fingerprint density at radius 2 is 1.25 bits per heavy atom. The Labute approximate surface area is 113 Å². The van der Waals surface area contributed by atoms with Crippen LogP contribution in [0.2, 0.25) is 0 Å². The Balaban J connectivity index is 3.06. The lowest BCUT2D eigenvalue weighted by Gasteiger charge is -2.21. The second kappa shape index (κ2) is 6.64. The lowest BCUT2D eigenvalue weighted by molar-refractivity contribution is -0.188. The van der Waals surface area contributed by atoms with Crippen molar-refractivity contribution < 1.29 is 42.9 Å². The summed E-state index contributed by atoms with van der Waals surface area (Å²) in [6.07, 6.45) is -3.65. The van der Waals surface area contributed by atoms with Crippen LogP contribution in [0.3, 0.4) is 0 Å². The maximum absolute atomic E-state index is 11.7. The molecule has 1 aliphatic heterocycles. The van der Waals surface area contributed by atoms with Crippen LogP contribution in [0.15, 0.2) is 0 Å². The van der Waals surface area contributed by atoms with Crippen LogP contribution < -0.4 is 0 Å². The molecule has 0 spiro atoms. The van der Waals surface area contributed by atoms with Gasteiger partial charge in [0, 0.05) is 13.8 Å². The molecule has 0 bridgehead atoms. The number of ketones is 1. The standard InChI is InChI=1S/C11H12O9/c1-5(12)19-8-9(20-6(2)13)11(16)18-4-7(14)3-17-10(8)15/h8-9H,3-4H2,1-2H3/t8-,9-/m0/s1. The number of Topliss-reactive ketones (excluding diaryl/α,β-unsaturated/α-hetero) is 1. The van der Waals surface area contributed by atoms with E-state index in [0.717, 1.165) is 13.8 Å². The Hall–Kier alpha value is -2.45. The Kier molecular flexibility index (Phi) is 5.18. The highest BCUT2D eigenvalue weighted by Gasteiger charge is 2.43. The minimum Gasteiger partial charge on any atom is -0.455 e. The molecule has 9 nitrogen and oxygen atoms in total. The first-order valence-electron chi connectivity index (χ1n) is 5.50. The average molecular weight is 288 g/mol. The molecule has 0 aromatic rings. The van der Waals surface area contributed by atoms with Crippen molar-refractivity contribution in [2.45, 2.75) is 26.1 Å². The van der Waals surface area contributed by atoms with Gasteiger partial charge in [-0.05, 0) is 0 Å². The molecule has 0 aliphatic carbocycles. The van der Waals surface area contributed by atoms with Crippen LogP contribution in [0.1, 0.15) is 13.8 Å². The number of hydrogen-bond acceptors (Lipinski definition) is 9. The third-order valence-electron chi connectivity index (χ3n) is 2.08. The van der Waals surface area contributed by atoms with Crippen LogP contribution in [0.25, 0.3) is 0 Å². The maximum atomic E-state index is 11.7. The van der Waals surface area contributed by atoms with Gasteiger partial charge in [0.2, 0.25) is 18.0 Å². The molecule has 1 fully saturated rings. The monoisotopic (exact) mass is 288 g/mol. The van der Waals surface area contributed by atoms with E-state index >= 15 is 0 Å². The Morgan fingerprint density at radius 1 is 0.900 bits per heavy atom. The van der Waals surface area contributed by atoms with Crippen molar-refractivity contribution in [1.29, 1.82) is 0 Å². The van der Waals surface area contributed by atoms with E-state index < -0.39 is 55.1 Å². The highest BCUT2D eigenvalue weighted by molar-refractivity contribution is 5.93. The minimum absolute atomic E-state index is 0.642. The van der Waals surface area contributed by atoms with Crippen molar-refractivity contribution in [3.8, 4) is 0 Å². The molecule has 0 N–H and O–H groups in total. The SMILES string of the molecule is CC(=O)O[C@@H]1C(=O)OCC(=O)COC(=O)[C@H]1OC(C)=O. The first kappa shape index (κ1) is 15.6. The summed E-state index contributed by atoms with van der Waals surface area (Å²) in [5, 5.41) is 0. The smallest absolute Gasteiger partial charge is 0.352 e. The zero-order valence-electron chi connectivity index (χ0n) is 10.7. The summed E-state index contributed by atoms with van der Waals surface area (Å²) in [6, 6.07) is 0. The molecular weight excluding hydrogens is 276 g/mol. The zero-order valence-corrected chi connectivity index (χ0v) is 10.7. The van der Waals surface area contributed by atoms with Gasteiger partial charge in [-0.3, -0.25) is 14.4 Å². The Bertz CT molecular complexity index is 413. The normalized spacial score (nSPS) is 23.6.